The first-order chi connectivity index (χ1) is 21.5. The summed E-state index contributed by atoms with van der Waals surface area (Å²) in [4.78, 5) is 64.7. The summed E-state index contributed by atoms with van der Waals surface area (Å²) in [6.07, 6.45) is 23.8. The lowest BCUT2D eigenvalue weighted by atomic mass is 9.82. The van der Waals surface area contributed by atoms with Gasteiger partial charge in [0.25, 0.3) is 11.8 Å². The Kier molecular flexibility index (Phi) is 19.1. The molecule has 2 aliphatic rings. The Balaban J connectivity index is 1.30. The van der Waals surface area contributed by atoms with Crippen molar-refractivity contribution in [3.63, 3.8) is 0 Å². The number of unbranched alkanes of at least 4 members (excludes halogenated alkanes) is 15. The van der Waals surface area contributed by atoms with Gasteiger partial charge in [0.15, 0.2) is 0 Å². The zero-order valence-electron chi connectivity index (χ0n) is 28.6. The van der Waals surface area contributed by atoms with Crippen LogP contribution >= 0.6 is 0 Å². The van der Waals surface area contributed by atoms with E-state index in [-0.39, 0.29) is 36.2 Å². The minimum Gasteiger partial charge on any atom is -0.460 e. The second-order valence-electron chi connectivity index (χ2n) is 14.3. The van der Waals surface area contributed by atoms with Gasteiger partial charge in [-0.15, -0.1) is 5.06 Å². The van der Waals surface area contributed by atoms with E-state index in [1.807, 2.05) is 20.8 Å². The lowest BCUT2D eigenvalue weighted by Gasteiger charge is -2.28. The van der Waals surface area contributed by atoms with Crippen LogP contribution in [0.5, 0.6) is 0 Å². The molecule has 0 aromatic heterocycles. The fourth-order valence-corrected chi connectivity index (χ4v) is 6.19. The van der Waals surface area contributed by atoms with Crippen molar-refractivity contribution in [3.8, 4) is 0 Å². The number of esters is 1. The number of nitrogens with zero attached hydrogens (tertiary/aromatic N) is 1. The maximum absolute atomic E-state index is 12.3. The van der Waals surface area contributed by atoms with Crippen LogP contribution in [0.3, 0.4) is 0 Å². The maximum atomic E-state index is 12.3. The summed E-state index contributed by atoms with van der Waals surface area (Å²) < 4.78 is 5.35. The van der Waals surface area contributed by atoms with Crippen molar-refractivity contribution in [1.82, 2.24) is 10.4 Å². The molecule has 0 atom stereocenters. The summed E-state index contributed by atoms with van der Waals surface area (Å²) in [5.74, 6) is -1.30. The topological polar surface area (TPSA) is 119 Å². The van der Waals surface area contributed by atoms with Crippen LogP contribution in [0.4, 0.5) is 0 Å². The number of hydrogen-bond acceptors (Lipinski definition) is 7. The lowest BCUT2D eigenvalue weighted by molar-refractivity contribution is -0.201. The lowest BCUT2D eigenvalue weighted by Crippen LogP contribution is -2.37. The predicted molar refractivity (Wildman–Crippen MR) is 175 cm³/mol. The Morgan fingerprint density at radius 2 is 1.09 bits per heavy atom. The minimum absolute atomic E-state index is 0.0740. The average molecular weight is 635 g/mol. The summed E-state index contributed by atoms with van der Waals surface area (Å²) in [6, 6.07) is 0. The van der Waals surface area contributed by atoms with Crippen LogP contribution in [-0.4, -0.2) is 46.9 Å². The molecule has 1 N–H and O–H groups in total. The van der Waals surface area contributed by atoms with Crippen molar-refractivity contribution in [1.29, 1.82) is 0 Å². The maximum Gasteiger partial charge on any atom is 0.336 e. The number of carbonyl (C=O) groups excluding carboxylic acids is 5. The van der Waals surface area contributed by atoms with E-state index in [0.717, 1.165) is 38.5 Å². The van der Waals surface area contributed by atoms with E-state index < -0.39 is 17.8 Å². The molecule has 0 unspecified atom stereocenters. The van der Waals surface area contributed by atoms with Crippen LogP contribution < -0.4 is 5.32 Å². The summed E-state index contributed by atoms with van der Waals surface area (Å²) in [6.45, 7) is 6.38. The molecule has 258 valence electrons. The molecular weight excluding hydrogens is 572 g/mol. The Morgan fingerprint density at radius 1 is 0.667 bits per heavy atom. The average Bonchev–Trinajstić information content (AvgIpc) is 3.30. The van der Waals surface area contributed by atoms with Crippen LogP contribution in [-0.2, 0) is 33.5 Å². The predicted octanol–water partition coefficient (Wildman–Crippen LogP) is 7.88. The number of rotatable bonds is 23. The first-order valence-electron chi connectivity index (χ1n) is 18.1. The van der Waals surface area contributed by atoms with E-state index in [0.29, 0.717) is 43.2 Å². The van der Waals surface area contributed by atoms with E-state index in [4.69, 9.17) is 9.57 Å². The number of amides is 3. The standard InChI is InChI=1S/C36H62N2O7/c1-36(2,3)44-34(42)21-19-17-15-13-11-9-7-5-4-6-8-10-12-14-16-18-20-31(39)37-28-29-22-24-30(25-23-29)35(43)45-38-32(40)26-27-33(38)41/h29-30H,4-28H2,1-3H3,(H,37,39). The van der Waals surface area contributed by atoms with Crippen molar-refractivity contribution < 1.29 is 33.5 Å². The molecule has 2 rings (SSSR count). The highest BCUT2D eigenvalue weighted by atomic mass is 16.7. The SMILES string of the molecule is CC(C)(C)OC(=O)CCCCCCCCCCCCCCCCCCC(=O)NCC1CCC(C(=O)ON2C(=O)CCC2=O)CC1. The van der Waals surface area contributed by atoms with E-state index >= 15 is 0 Å². The second kappa shape index (κ2) is 22.1. The Hall–Kier alpha value is -2.45. The van der Waals surface area contributed by atoms with Gasteiger partial charge in [0, 0.05) is 32.2 Å². The first kappa shape index (κ1) is 38.7. The van der Waals surface area contributed by atoms with Gasteiger partial charge in [0.1, 0.15) is 5.60 Å². The van der Waals surface area contributed by atoms with Crippen LogP contribution in [0.25, 0.3) is 0 Å². The molecule has 2 fully saturated rings. The highest BCUT2D eigenvalue weighted by molar-refractivity contribution is 6.01. The van der Waals surface area contributed by atoms with E-state index in [1.54, 1.807) is 0 Å². The minimum atomic E-state index is -0.496. The summed E-state index contributed by atoms with van der Waals surface area (Å²) >= 11 is 0. The zero-order valence-corrected chi connectivity index (χ0v) is 28.6. The Labute approximate surface area is 272 Å². The summed E-state index contributed by atoms with van der Waals surface area (Å²) in [5.41, 5.74) is -0.378. The first-order valence-corrected chi connectivity index (χ1v) is 18.1. The molecule has 0 radical (unpaired) electrons. The van der Waals surface area contributed by atoms with Gasteiger partial charge >= 0.3 is 11.9 Å². The van der Waals surface area contributed by atoms with Crippen molar-refractivity contribution in [2.24, 2.45) is 11.8 Å². The van der Waals surface area contributed by atoms with Gasteiger partial charge in [-0.2, -0.15) is 0 Å². The number of nitrogens with one attached hydrogen (secondary N) is 1. The molecule has 0 aromatic carbocycles. The number of imide groups is 1. The smallest absolute Gasteiger partial charge is 0.336 e. The number of hydroxylamine groups is 2. The number of carbonyl (C=O) groups is 5. The molecule has 9 nitrogen and oxygen atoms in total. The molecular formula is C36H62N2O7. The van der Waals surface area contributed by atoms with Crippen molar-refractivity contribution in [2.75, 3.05) is 6.54 Å². The van der Waals surface area contributed by atoms with Crippen molar-refractivity contribution in [3.05, 3.63) is 0 Å². The van der Waals surface area contributed by atoms with Crippen molar-refractivity contribution >= 4 is 29.7 Å². The van der Waals surface area contributed by atoms with E-state index in [2.05, 4.69) is 5.32 Å². The fourth-order valence-electron chi connectivity index (χ4n) is 6.19. The fraction of sp³-hybridized carbons (Fsp3) is 0.861. The Bertz CT molecular complexity index is 890. The molecule has 0 spiro atoms. The zero-order chi connectivity index (χ0) is 32.9. The molecule has 1 saturated heterocycles. The van der Waals surface area contributed by atoms with Gasteiger partial charge < -0.3 is 14.9 Å². The summed E-state index contributed by atoms with van der Waals surface area (Å²) in [7, 11) is 0. The van der Waals surface area contributed by atoms with Gasteiger partial charge in [-0.25, -0.2) is 4.79 Å². The van der Waals surface area contributed by atoms with E-state index in [9.17, 15) is 24.0 Å². The van der Waals surface area contributed by atoms with Gasteiger partial charge in [0.05, 0.1) is 5.92 Å². The summed E-state index contributed by atoms with van der Waals surface area (Å²) in [5, 5.41) is 3.69. The molecule has 1 aliphatic heterocycles. The molecule has 45 heavy (non-hydrogen) atoms. The Morgan fingerprint density at radius 3 is 1.53 bits per heavy atom. The van der Waals surface area contributed by atoms with Gasteiger partial charge in [0.2, 0.25) is 5.91 Å². The van der Waals surface area contributed by atoms with Gasteiger partial charge in [-0.3, -0.25) is 19.2 Å². The third kappa shape index (κ3) is 18.3. The van der Waals surface area contributed by atoms with Crippen LogP contribution in [0.2, 0.25) is 0 Å². The third-order valence-corrected chi connectivity index (χ3v) is 8.91. The van der Waals surface area contributed by atoms with Crippen LogP contribution in [0.15, 0.2) is 0 Å². The second-order valence-corrected chi connectivity index (χ2v) is 14.3. The molecule has 9 heteroatoms. The molecule has 1 heterocycles. The number of hydrogen-bond donors (Lipinski definition) is 1. The van der Waals surface area contributed by atoms with Crippen LogP contribution in [0, 0.1) is 11.8 Å². The van der Waals surface area contributed by atoms with E-state index in [1.165, 1.54) is 77.0 Å². The highest BCUT2D eigenvalue weighted by Gasteiger charge is 2.36. The molecule has 1 saturated carbocycles. The largest absolute Gasteiger partial charge is 0.460 e. The van der Waals surface area contributed by atoms with Gasteiger partial charge in [-0.05, 0) is 65.2 Å². The molecule has 0 aromatic rings. The molecule has 3 amide bonds. The molecule has 0 bridgehead atoms. The quantitative estimate of drug-likeness (QED) is 0.0690. The number of ether oxygens (including phenoxy) is 1. The van der Waals surface area contributed by atoms with Crippen LogP contribution in [0.1, 0.15) is 175 Å². The third-order valence-electron chi connectivity index (χ3n) is 8.91. The molecule has 1 aliphatic carbocycles. The van der Waals surface area contributed by atoms with Gasteiger partial charge in [-0.1, -0.05) is 89.9 Å². The van der Waals surface area contributed by atoms with Crippen molar-refractivity contribution in [2.45, 2.75) is 180 Å². The highest BCUT2D eigenvalue weighted by Crippen LogP contribution is 2.30. The normalized spacial score (nSPS) is 18.7. The monoisotopic (exact) mass is 634 g/mol.